The van der Waals surface area contributed by atoms with E-state index in [1.165, 1.54) is 30.3 Å². The van der Waals surface area contributed by atoms with Gasteiger partial charge in [-0.3, -0.25) is 4.79 Å². The molecule has 146 valence electrons. The van der Waals surface area contributed by atoms with Gasteiger partial charge in [0.2, 0.25) is 5.91 Å². The maximum absolute atomic E-state index is 13.2. The van der Waals surface area contributed by atoms with Crippen LogP contribution in [0.1, 0.15) is 20.3 Å². The maximum atomic E-state index is 13.2. The molecule has 0 N–H and O–H groups in total. The molecule has 4 rings (SSSR count). The quantitative estimate of drug-likeness (QED) is 0.440. The highest BCUT2D eigenvalue weighted by atomic mass is 32.2. The molecule has 1 aliphatic heterocycles. The van der Waals surface area contributed by atoms with Gasteiger partial charge in [-0.1, -0.05) is 37.7 Å². The topological polar surface area (TPSA) is 46.1 Å². The molecule has 3 heterocycles. The molecule has 0 bridgehead atoms. The van der Waals surface area contributed by atoms with Crippen molar-refractivity contribution in [1.29, 1.82) is 0 Å². The fourth-order valence-corrected chi connectivity index (χ4v) is 5.88. The summed E-state index contributed by atoms with van der Waals surface area (Å²) in [5.74, 6) is 1.42. The first-order valence-electron chi connectivity index (χ1n) is 9.40. The summed E-state index contributed by atoms with van der Waals surface area (Å²) in [6, 6.07) is 8.44. The van der Waals surface area contributed by atoms with E-state index >= 15 is 0 Å². The molecule has 0 saturated carbocycles. The molecule has 0 unspecified atom stereocenters. The first kappa shape index (κ1) is 19.3. The van der Waals surface area contributed by atoms with Gasteiger partial charge in [0.05, 0.1) is 16.0 Å². The highest BCUT2D eigenvalue weighted by molar-refractivity contribution is 8.00. The molecule has 1 saturated heterocycles. The molecule has 2 atom stereocenters. The van der Waals surface area contributed by atoms with Crippen molar-refractivity contribution >= 4 is 39.2 Å². The van der Waals surface area contributed by atoms with E-state index in [0.717, 1.165) is 38.8 Å². The number of benzene rings is 1. The van der Waals surface area contributed by atoms with Crippen LogP contribution < -0.4 is 0 Å². The number of thioether (sulfide) groups is 1. The normalized spacial score (nSPS) is 19.9. The van der Waals surface area contributed by atoms with Crippen molar-refractivity contribution in [2.75, 3.05) is 18.8 Å². The Kier molecular flexibility index (Phi) is 5.64. The van der Waals surface area contributed by atoms with Gasteiger partial charge in [-0.15, -0.1) is 11.3 Å². The van der Waals surface area contributed by atoms with Crippen molar-refractivity contribution in [1.82, 2.24) is 14.9 Å². The Morgan fingerprint density at radius 3 is 2.64 bits per heavy atom. The van der Waals surface area contributed by atoms with E-state index in [2.05, 4.69) is 23.8 Å². The van der Waals surface area contributed by atoms with Crippen LogP contribution in [-0.4, -0.2) is 39.6 Å². The Balaban J connectivity index is 1.51. The Hall–Kier alpha value is -1.99. The number of piperidine rings is 1. The fourth-order valence-electron chi connectivity index (χ4n) is 3.78. The number of halogens is 1. The highest BCUT2D eigenvalue weighted by Gasteiger charge is 2.25. The zero-order valence-corrected chi connectivity index (χ0v) is 17.5. The third-order valence-electron chi connectivity index (χ3n) is 4.96. The minimum Gasteiger partial charge on any atom is -0.341 e. The summed E-state index contributed by atoms with van der Waals surface area (Å²) in [5.41, 5.74) is 1.81. The molecule has 7 heteroatoms. The smallest absolute Gasteiger partial charge is 0.233 e. The monoisotopic (exact) mass is 415 g/mol. The number of carbonyl (C=O) groups is 1. The van der Waals surface area contributed by atoms with Gasteiger partial charge < -0.3 is 4.90 Å². The van der Waals surface area contributed by atoms with Crippen LogP contribution in [0.25, 0.3) is 20.7 Å². The van der Waals surface area contributed by atoms with Crippen molar-refractivity contribution in [3.8, 4) is 10.4 Å². The van der Waals surface area contributed by atoms with Crippen LogP contribution >= 0.6 is 23.1 Å². The van der Waals surface area contributed by atoms with Crippen molar-refractivity contribution in [2.45, 2.75) is 25.3 Å². The van der Waals surface area contributed by atoms with Gasteiger partial charge in [0.15, 0.2) is 0 Å². The number of nitrogens with zero attached hydrogens (tertiary/aromatic N) is 3. The number of hydrogen-bond acceptors (Lipinski definition) is 5. The van der Waals surface area contributed by atoms with Crippen LogP contribution in [0.3, 0.4) is 0 Å². The second kappa shape index (κ2) is 8.17. The van der Waals surface area contributed by atoms with Crippen LogP contribution in [0.5, 0.6) is 0 Å². The second-order valence-electron chi connectivity index (χ2n) is 7.54. The molecule has 1 fully saturated rings. The number of amides is 1. The zero-order valence-electron chi connectivity index (χ0n) is 15.9. The predicted octanol–water partition coefficient (Wildman–Crippen LogP) is 5.09. The standard InChI is InChI=1S/C21H22FN3OS2/c1-13-7-14(2)10-25(9-13)19(26)11-27-21-20-17(23-12-24-21)8-18(28-20)15-3-5-16(22)6-4-15/h3-6,8,12-14H,7,9-11H2,1-2H3/t13-,14-/m1/s1. The van der Waals surface area contributed by atoms with Crippen LogP contribution in [0.2, 0.25) is 0 Å². The van der Waals surface area contributed by atoms with Gasteiger partial charge in [-0.05, 0) is 42.0 Å². The summed E-state index contributed by atoms with van der Waals surface area (Å²) in [5, 5.41) is 0.829. The Morgan fingerprint density at radius 1 is 1.21 bits per heavy atom. The minimum atomic E-state index is -0.249. The summed E-state index contributed by atoms with van der Waals surface area (Å²) < 4.78 is 14.2. The number of rotatable bonds is 4. The molecule has 1 amide bonds. The second-order valence-corrected chi connectivity index (χ2v) is 9.56. The Morgan fingerprint density at radius 2 is 1.93 bits per heavy atom. The lowest BCUT2D eigenvalue weighted by molar-refractivity contribution is -0.130. The average Bonchev–Trinajstić information content (AvgIpc) is 3.10. The molecule has 3 aromatic rings. The van der Waals surface area contributed by atoms with Crippen molar-refractivity contribution in [2.24, 2.45) is 11.8 Å². The van der Waals surface area contributed by atoms with Crippen LogP contribution in [0.15, 0.2) is 41.7 Å². The first-order chi connectivity index (χ1) is 13.5. The number of carbonyl (C=O) groups excluding carboxylic acids is 1. The molecular weight excluding hydrogens is 393 g/mol. The number of hydrogen-bond donors (Lipinski definition) is 0. The molecule has 1 aromatic carbocycles. The van der Waals surface area contributed by atoms with Gasteiger partial charge in [0.25, 0.3) is 0 Å². The van der Waals surface area contributed by atoms with E-state index in [1.807, 2.05) is 11.0 Å². The van der Waals surface area contributed by atoms with E-state index in [0.29, 0.717) is 17.6 Å². The van der Waals surface area contributed by atoms with Crippen LogP contribution in [0.4, 0.5) is 4.39 Å². The van der Waals surface area contributed by atoms with Crippen LogP contribution in [0, 0.1) is 17.7 Å². The van der Waals surface area contributed by atoms with Gasteiger partial charge in [0, 0.05) is 18.0 Å². The van der Waals surface area contributed by atoms with E-state index < -0.39 is 0 Å². The van der Waals surface area contributed by atoms with Gasteiger partial charge >= 0.3 is 0 Å². The Labute approximate surface area is 172 Å². The lowest BCUT2D eigenvalue weighted by Crippen LogP contribution is -2.43. The summed E-state index contributed by atoms with van der Waals surface area (Å²) in [6.45, 7) is 6.10. The van der Waals surface area contributed by atoms with Crippen molar-refractivity contribution < 1.29 is 9.18 Å². The lowest BCUT2D eigenvalue weighted by atomic mass is 9.92. The van der Waals surface area contributed by atoms with E-state index in [4.69, 9.17) is 0 Å². The fraction of sp³-hybridized carbons (Fsp3) is 0.381. The third-order valence-corrected chi connectivity index (χ3v) is 7.24. The third kappa shape index (κ3) is 4.20. The largest absolute Gasteiger partial charge is 0.341 e. The van der Waals surface area contributed by atoms with Gasteiger partial charge in [0.1, 0.15) is 17.2 Å². The first-order valence-corrected chi connectivity index (χ1v) is 11.2. The molecular formula is C21H22FN3OS2. The number of likely N-dealkylation sites (tertiary alicyclic amines) is 1. The summed E-state index contributed by atoms with van der Waals surface area (Å²) in [6.07, 6.45) is 2.73. The molecule has 2 aromatic heterocycles. The van der Waals surface area contributed by atoms with Gasteiger partial charge in [-0.2, -0.15) is 0 Å². The summed E-state index contributed by atoms with van der Waals surface area (Å²) >= 11 is 3.05. The average molecular weight is 416 g/mol. The molecule has 0 spiro atoms. The van der Waals surface area contributed by atoms with E-state index in [-0.39, 0.29) is 11.7 Å². The summed E-state index contributed by atoms with van der Waals surface area (Å²) in [4.78, 5) is 24.5. The minimum absolute atomic E-state index is 0.172. The number of fused-ring (bicyclic) bond motifs is 1. The Bertz CT molecular complexity index is 979. The molecule has 28 heavy (non-hydrogen) atoms. The van der Waals surface area contributed by atoms with Crippen molar-refractivity contribution in [3.05, 3.63) is 42.5 Å². The van der Waals surface area contributed by atoms with Crippen molar-refractivity contribution in [3.63, 3.8) is 0 Å². The number of thiophene rings is 1. The zero-order chi connectivity index (χ0) is 19.7. The SMILES string of the molecule is C[C@@H]1C[C@@H](C)CN(C(=O)CSc2ncnc3cc(-c4ccc(F)cc4)sc23)C1. The maximum Gasteiger partial charge on any atom is 0.233 e. The molecule has 0 radical (unpaired) electrons. The molecule has 0 aliphatic carbocycles. The highest BCUT2D eigenvalue weighted by Crippen LogP contribution is 2.37. The molecule has 4 nitrogen and oxygen atoms in total. The lowest BCUT2D eigenvalue weighted by Gasteiger charge is -2.35. The predicted molar refractivity (Wildman–Crippen MR) is 113 cm³/mol. The van der Waals surface area contributed by atoms with E-state index in [1.54, 1.807) is 29.8 Å². The van der Waals surface area contributed by atoms with Crippen LogP contribution in [-0.2, 0) is 4.79 Å². The van der Waals surface area contributed by atoms with E-state index in [9.17, 15) is 9.18 Å². The summed E-state index contributed by atoms with van der Waals surface area (Å²) in [7, 11) is 0. The van der Waals surface area contributed by atoms with Gasteiger partial charge in [-0.25, -0.2) is 14.4 Å². The molecule has 1 aliphatic rings. The number of aromatic nitrogens is 2.